The van der Waals surface area contributed by atoms with Gasteiger partial charge >= 0.3 is 0 Å². The Morgan fingerprint density at radius 1 is 0.594 bits per heavy atom. The van der Waals surface area contributed by atoms with Crippen LogP contribution in [0.5, 0.6) is 0 Å². The van der Waals surface area contributed by atoms with E-state index >= 15 is 0 Å². The molecule has 1 heterocycles. The van der Waals surface area contributed by atoms with Crippen molar-refractivity contribution in [3.8, 4) is 28.2 Å². The normalized spacial score (nSPS) is 10.8. The summed E-state index contributed by atoms with van der Waals surface area (Å²) in [4.78, 5) is 19.2. The molecule has 0 saturated carbocycles. The van der Waals surface area contributed by atoms with E-state index in [0.717, 1.165) is 28.1 Å². The van der Waals surface area contributed by atoms with Crippen LogP contribution < -0.4 is 5.56 Å². The fourth-order valence-electron chi connectivity index (χ4n) is 3.97. The zero-order chi connectivity index (χ0) is 21.8. The molecule has 0 aliphatic rings. The summed E-state index contributed by atoms with van der Waals surface area (Å²) in [5.41, 5.74) is 5.04. The summed E-state index contributed by atoms with van der Waals surface area (Å²) >= 11 is 0. The van der Waals surface area contributed by atoms with Crippen LogP contribution in [-0.4, -0.2) is 9.55 Å². The molecule has 1 aromatic heterocycles. The molecule has 3 nitrogen and oxygen atoms in total. The molecule has 0 amide bonds. The average molecular weight is 415 g/mol. The smallest absolute Gasteiger partial charge is 0.266 e. The molecule has 0 fully saturated rings. The number of nitrogens with zero attached hydrogens (tertiary/aromatic N) is 2. The second-order valence-electron chi connectivity index (χ2n) is 7.63. The number of rotatable bonds is 5. The van der Waals surface area contributed by atoms with Crippen molar-refractivity contribution in [2.24, 2.45) is 0 Å². The summed E-state index contributed by atoms with van der Waals surface area (Å²) in [6.45, 7) is 0. The minimum Gasteiger partial charge on any atom is -0.268 e. The average Bonchev–Trinajstić information content (AvgIpc) is 2.86. The molecular formula is C29H22N2O. The maximum absolute atomic E-state index is 14.1. The first-order valence-electron chi connectivity index (χ1n) is 10.7. The molecule has 32 heavy (non-hydrogen) atoms. The highest BCUT2D eigenvalue weighted by Gasteiger charge is 2.20. The molecule has 0 atom stereocenters. The second kappa shape index (κ2) is 8.86. The molecule has 0 spiro atoms. The van der Waals surface area contributed by atoms with Gasteiger partial charge in [0, 0.05) is 12.0 Å². The SMILES string of the molecule is O=c1c(-c2ccccc2)c(Cc2ccccc2)nc(-c2ccccc2)n1-c1ccccc1. The highest BCUT2D eigenvalue weighted by molar-refractivity contribution is 5.69. The van der Waals surface area contributed by atoms with Crippen LogP contribution in [0.3, 0.4) is 0 Å². The molecular weight excluding hydrogens is 392 g/mol. The van der Waals surface area contributed by atoms with Crippen molar-refractivity contribution < 1.29 is 0 Å². The first-order valence-corrected chi connectivity index (χ1v) is 10.7. The van der Waals surface area contributed by atoms with E-state index in [4.69, 9.17) is 4.98 Å². The quantitative estimate of drug-likeness (QED) is 0.345. The summed E-state index contributed by atoms with van der Waals surface area (Å²) in [6.07, 6.45) is 0.579. The molecule has 0 aliphatic carbocycles. The fourth-order valence-corrected chi connectivity index (χ4v) is 3.97. The minimum absolute atomic E-state index is 0.0674. The van der Waals surface area contributed by atoms with E-state index < -0.39 is 0 Å². The van der Waals surface area contributed by atoms with Crippen LogP contribution >= 0.6 is 0 Å². The van der Waals surface area contributed by atoms with Gasteiger partial charge in [0.25, 0.3) is 5.56 Å². The Labute approximate surface area is 187 Å². The van der Waals surface area contributed by atoms with Crippen molar-refractivity contribution in [1.29, 1.82) is 0 Å². The molecule has 0 aliphatic heterocycles. The molecule has 5 rings (SSSR count). The van der Waals surface area contributed by atoms with Crippen molar-refractivity contribution in [2.45, 2.75) is 6.42 Å². The van der Waals surface area contributed by atoms with E-state index in [9.17, 15) is 4.79 Å². The van der Waals surface area contributed by atoms with E-state index in [0.29, 0.717) is 17.8 Å². The maximum atomic E-state index is 14.1. The van der Waals surface area contributed by atoms with Crippen LogP contribution in [0.2, 0.25) is 0 Å². The molecule has 0 radical (unpaired) electrons. The largest absolute Gasteiger partial charge is 0.268 e. The Hall–Kier alpha value is -4.24. The van der Waals surface area contributed by atoms with Crippen molar-refractivity contribution in [2.75, 3.05) is 0 Å². The Morgan fingerprint density at radius 2 is 1.09 bits per heavy atom. The Kier molecular flexibility index (Phi) is 5.46. The highest BCUT2D eigenvalue weighted by Crippen LogP contribution is 2.27. The predicted octanol–water partition coefficient (Wildman–Crippen LogP) is 6.16. The third-order valence-corrected chi connectivity index (χ3v) is 5.48. The zero-order valence-corrected chi connectivity index (χ0v) is 17.6. The van der Waals surface area contributed by atoms with Crippen molar-refractivity contribution in [3.63, 3.8) is 0 Å². The van der Waals surface area contributed by atoms with Gasteiger partial charge in [0.05, 0.1) is 16.9 Å². The summed E-state index contributed by atoms with van der Waals surface area (Å²) in [5.74, 6) is 0.646. The van der Waals surface area contributed by atoms with Gasteiger partial charge in [-0.1, -0.05) is 109 Å². The molecule has 3 heteroatoms. The van der Waals surface area contributed by atoms with Crippen LogP contribution in [0, 0.1) is 0 Å². The molecule has 0 N–H and O–H groups in total. The standard InChI is InChI=1S/C29H22N2O/c32-29-27(23-15-7-2-8-16-23)26(21-22-13-5-1-6-14-22)30-28(24-17-9-3-10-18-24)31(29)25-19-11-4-12-20-25/h1-20H,21H2. The van der Waals surface area contributed by atoms with Crippen molar-refractivity contribution >= 4 is 0 Å². The maximum Gasteiger partial charge on any atom is 0.266 e. The number of benzene rings is 4. The highest BCUT2D eigenvalue weighted by atomic mass is 16.1. The third kappa shape index (κ3) is 3.88. The monoisotopic (exact) mass is 414 g/mol. The van der Waals surface area contributed by atoms with Crippen LogP contribution in [0.25, 0.3) is 28.2 Å². The molecule has 154 valence electrons. The van der Waals surface area contributed by atoms with Gasteiger partial charge in [-0.3, -0.25) is 9.36 Å². The number of hydrogen-bond acceptors (Lipinski definition) is 2. The van der Waals surface area contributed by atoms with Gasteiger partial charge in [-0.05, 0) is 23.3 Å². The molecule has 4 aromatic carbocycles. The van der Waals surface area contributed by atoms with E-state index in [1.165, 1.54) is 0 Å². The molecule has 5 aromatic rings. The lowest BCUT2D eigenvalue weighted by Gasteiger charge is -2.18. The van der Waals surface area contributed by atoms with Gasteiger partial charge in [0.15, 0.2) is 0 Å². The summed E-state index contributed by atoms with van der Waals surface area (Å²) in [6, 6.07) is 39.6. The third-order valence-electron chi connectivity index (χ3n) is 5.48. The summed E-state index contributed by atoms with van der Waals surface area (Å²) in [7, 11) is 0. The fraction of sp³-hybridized carbons (Fsp3) is 0.0345. The van der Waals surface area contributed by atoms with Gasteiger partial charge < -0.3 is 0 Å². The van der Waals surface area contributed by atoms with E-state index in [-0.39, 0.29) is 5.56 Å². The lowest BCUT2D eigenvalue weighted by molar-refractivity contribution is 0.915. The van der Waals surface area contributed by atoms with Gasteiger partial charge in [0.2, 0.25) is 0 Å². The lowest BCUT2D eigenvalue weighted by atomic mass is 9.99. The van der Waals surface area contributed by atoms with Crippen LogP contribution in [-0.2, 0) is 6.42 Å². The van der Waals surface area contributed by atoms with Crippen molar-refractivity contribution in [1.82, 2.24) is 9.55 Å². The zero-order valence-electron chi connectivity index (χ0n) is 17.6. The number of para-hydroxylation sites is 1. The van der Waals surface area contributed by atoms with E-state index in [1.807, 2.05) is 109 Å². The predicted molar refractivity (Wildman–Crippen MR) is 130 cm³/mol. The number of aromatic nitrogens is 2. The van der Waals surface area contributed by atoms with E-state index in [2.05, 4.69) is 12.1 Å². The van der Waals surface area contributed by atoms with Gasteiger partial charge in [-0.15, -0.1) is 0 Å². The van der Waals surface area contributed by atoms with Gasteiger partial charge in [-0.2, -0.15) is 0 Å². The van der Waals surface area contributed by atoms with Gasteiger partial charge in [0.1, 0.15) is 5.82 Å². The second-order valence-corrected chi connectivity index (χ2v) is 7.63. The van der Waals surface area contributed by atoms with Crippen LogP contribution in [0.15, 0.2) is 126 Å². The van der Waals surface area contributed by atoms with Crippen LogP contribution in [0.1, 0.15) is 11.3 Å². The van der Waals surface area contributed by atoms with E-state index in [1.54, 1.807) is 4.57 Å². The Bertz CT molecular complexity index is 1380. The lowest BCUT2D eigenvalue weighted by Crippen LogP contribution is -2.25. The molecule has 0 unspecified atom stereocenters. The topological polar surface area (TPSA) is 34.9 Å². The molecule has 0 bridgehead atoms. The van der Waals surface area contributed by atoms with Crippen LogP contribution in [0.4, 0.5) is 0 Å². The Morgan fingerprint density at radius 3 is 1.69 bits per heavy atom. The molecule has 0 saturated heterocycles. The Balaban J connectivity index is 1.84. The first kappa shape index (κ1) is 19.7. The summed E-state index contributed by atoms with van der Waals surface area (Å²) < 4.78 is 1.73. The summed E-state index contributed by atoms with van der Waals surface area (Å²) in [5, 5.41) is 0. The number of hydrogen-bond donors (Lipinski definition) is 0. The van der Waals surface area contributed by atoms with Crippen molar-refractivity contribution in [3.05, 3.63) is 143 Å². The minimum atomic E-state index is -0.0674. The first-order chi connectivity index (χ1) is 15.8. The van der Waals surface area contributed by atoms with Gasteiger partial charge in [-0.25, -0.2) is 4.98 Å².